The maximum Gasteiger partial charge on any atom is 0.207 e. The fraction of sp³-hybridized carbons (Fsp3) is 0.128. The summed E-state index contributed by atoms with van der Waals surface area (Å²) in [6.07, 6.45) is 7.55. The first-order chi connectivity index (χ1) is 22.3. The zero-order chi connectivity index (χ0) is 31.6. The number of rotatable bonds is 4. The van der Waals surface area contributed by atoms with Gasteiger partial charge in [-0.15, -0.1) is 0 Å². The topological polar surface area (TPSA) is 68.3 Å². The quantitative estimate of drug-likeness (QED) is 0.179. The summed E-state index contributed by atoms with van der Waals surface area (Å²) in [5.41, 5.74) is 5.62. The van der Waals surface area contributed by atoms with Gasteiger partial charge < -0.3 is 0 Å². The molecule has 46 heavy (non-hydrogen) atoms. The lowest BCUT2D eigenvalue weighted by Gasteiger charge is -2.32. The van der Waals surface area contributed by atoms with Gasteiger partial charge in [-0.2, -0.15) is 0 Å². The van der Waals surface area contributed by atoms with E-state index in [0.717, 1.165) is 46.2 Å². The van der Waals surface area contributed by atoms with Crippen LogP contribution in [0.3, 0.4) is 0 Å². The Morgan fingerprint density at radius 2 is 0.978 bits per heavy atom. The summed E-state index contributed by atoms with van der Waals surface area (Å²) in [5.74, 6) is -0.254. The summed E-state index contributed by atoms with van der Waals surface area (Å²) >= 11 is 0. The fourth-order valence-corrected chi connectivity index (χ4v) is 12.2. The van der Waals surface area contributed by atoms with E-state index in [1.165, 1.54) is 9.79 Å². The van der Waals surface area contributed by atoms with Gasteiger partial charge in [0.25, 0.3) is 0 Å². The Hall–Kier alpha value is -4.17. The Kier molecular flexibility index (Phi) is 6.98. The van der Waals surface area contributed by atoms with E-state index in [0.29, 0.717) is 19.6 Å². The molecule has 2 atom stereocenters. The van der Waals surface area contributed by atoms with Gasteiger partial charge in [-0.05, 0) is 94.8 Å². The molecule has 7 heteroatoms. The third kappa shape index (κ3) is 4.48. The van der Waals surface area contributed by atoms with Crippen LogP contribution in [0.5, 0.6) is 0 Å². The second-order valence-electron chi connectivity index (χ2n) is 12.0. The average Bonchev–Trinajstić information content (AvgIpc) is 3.09. The van der Waals surface area contributed by atoms with E-state index in [9.17, 15) is 16.8 Å². The largest absolute Gasteiger partial charge is 0.219 e. The van der Waals surface area contributed by atoms with Gasteiger partial charge in [0.2, 0.25) is 19.7 Å². The number of hydrogen-bond donors (Lipinski definition) is 0. The molecule has 0 bridgehead atoms. The Morgan fingerprint density at radius 1 is 0.543 bits per heavy atom. The number of benzene rings is 5. The first-order valence-electron chi connectivity index (χ1n) is 15.3. The molecule has 0 saturated carbocycles. The highest BCUT2D eigenvalue weighted by atomic mass is 32.2. The highest BCUT2D eigenvalue weighted by Gasteiger charge is 2.39. The van der Waals surface area contributed by atoms with Crippen molar-refractivity contribution in [1.29, 1.82) is 0 Å². The molecule has 0 radical (unpaired) electrons. The van der Waals surface area contributed by atoms with Crippen molar-refractivity contribution in [2.45, 2.75) is 49.2 Å². The van der Waals surface area contributed by atoms with E-state index in [1.54, 1.807) is 42.5 Å². The first-order valence-corrected chi connectivity index (χ1v) is 19.9. The third-order valence-corrected chi connectivity index (χ3v) is 15.3. The molecule has 0 spiro atoms. The molecule has 5 aromatic carbocycles. The minimum absolute atomic E-state index is 0.0864. The zero-order valence-corrected chi connectivity index (χ0v) is 27.6. The van der Waals surface area contributed by atoms with Crippen LogP contribution in [0.15, 0.2) is 168 Å². The van der Waals surface area contributed by atoms with Crippen LogP contribution in [0.25, 0.3) is 0 Å². The summed E-state index contributed by atoms with van der Waals surface area (Å²) in [7, 11) is -7.31. The van der Waals surface area contributed by atoms with Crippen LogP contribution in [0.4, 0.5) is 0 Å². The Bertz CT molecular complexity index is 2250. The van der Waals surface area contributed by atoms with Gasteiger partial charge in [0.05, 0.1) is 30.5 Å². The summed E-state index contributed by atoms with van der Waals surface area (Å²) in [6, 6.07) is 39.3. The zero-order valence-electron chi connectivity index (χ0n) is 25.1. The predicted octanol–water partition coefficient (Wildman–Crippen LogP) is 8.20. The van der Waals surface area contributed by atoms with Crippen LogP contribution in [0.2, 0.25) is 0 Å². The molecule has 5 aromatic rings. The van der Waals surface area contributed by atoms with E-state index in [2.05, 4.69) is 54.8 Å². The van der Waals surface area contributed by atoms with Crippen molar-refractivity contribution >= 4 is 30.6 Å². The highest BCUT2D eigenvalue weighted by Crippen LogP contribution is 2.48. The van der Waals surface area contributed by atoms with Gasteiger partial charge in [-0.3, -0.25) is 0 Å². The molecule has 2 heterocycles. The molecular formula is C39H31O4S3+. The van der Waals surface area contributed by atoms with Crippen LogP contribution in [-0.4, -0.2) is 23.1 Å². The summed E-state index contributed by atoms with van der Waals surface area (Å²) in [5, 5.41) is 0. The van der Waals surface area contributed by atoms with Gasteiger partial charge in [-0.1, -0.05) is 84.9 Å². The van der Waals surface area contributed by atoms with Gasteiger partial charge in [-0.25, -0.2) is 16.8 Å². The number of hydrogen-bond acceptors (Lipinski definition) is 4. The maximum absolute atomic E-state index is 13.5. The number of allylic oxidation sites excluding steroid dienone is 3. The van der Waals surface area contributed by atoms with Crippen LogP contribution in [-0.2, 0) is 30.6 Å². The standard InChI is InChI=1S/C39H31O4S3/c1-44(28-22-18-26(19-23-28)38-30-10-2-6-14-34(30)45(40,41)35-15-7-3-11-31(35)38)29-24-20-27(21-25-29)39-32-12-4-8-16-36(32)46(42,43)37-17-9-5-13-33(37)39/h2-4,6-12,14-25,38-39H,5,13H2,1H3/q+1/t39-,44?/m1/s1. The van der Waals surface area contributed by atoms with Crippen molar-refractivity contribution in [3.8, 4) is 0 Å². The minimum atomic E-state index is -3.58. The molecule has 0 aromatic heterocycles. The van der Waals surface area contributed by atoms with Crippen molar-refractivity contribution < 1.29 is 16.8 Å². The van der Waals surface area contributed by atoms with E-state index in [4.69, 9.17) is 0 Å². The maximum atomic E-state index is 13.5. The van der Waals surface area contributed by atoms with Crippen LogP contribution in [0.1, 0.15) is 52.5 Å². The normalized spacial score (nSPS) is 19.8. The molecule has 4 nitrogen and oxygen atoms in total. The summed E-state index contributed by atoms with van der Waals surface area (Å²) in [6.45, 7) is 0. The molecule has 2 aliphatic heterocycles. The second kappa shape index (κ2) is 11.0. The van der Waals surface area contributed by atoms with Gasteiger partial charge in [0.1, 0.15) is 6.26 Å². The lowest BCUT2D eigenvalue weighted by atomic mass is 9.81. The summed E-state index contributed by atoms with van der Waals surface area (Å²) in [4.78, 5) is 4.02. The van der Waals surface area contributed by atoms with E-state index < -0.39 is 19.7 Å². The second-order valence-corrected chi connectivity index (χ2v) is 17.7. The highest BCUT2D eigenvalue weighted by molar-refractivity contribution is 7.96. The number of sulfone groups is 2. The SMILES string of the molecule is C[S+](c1ccc(C2c3ccccc3S(=O)(=O)c3ccccc32)cc1)c1ccc([C@H]2C3=C(C=CCC3)S(=O)(=O)c3ccccc32)cc1. The molecular weight excluding hydrogens is 629 g/mol. The lowest BCUT2D eigenvalue weighted by molar-refractivity contribution is 0.589. The van der Waals surface area contributed by atoms with E-state index >= 15 is 0 Å². The molecule has 0 amide bonds. The van der Waals surface area contributed by atoms with Gasteiger partial charge in [0.15, 0.2) is 9.79 Å². The van der Waals surface area contributed by atoms with Gasteiger partial charge >= 0.3 is 0 Å². The first kappa shape index (κ1) is 29.2. The van der Waals surface area contributed by atoms with Crippen LogP contribution < -0.4 is 0 Å². The van der Waals surface area contributed by atoms with E-state index in [1.807, 2.05) is 42.5 Å². The van der Waals surface area contributed by atoms with Crippen molar-refractivity contribution in [3.05, 3.63) is 172 Å². The Balaban J connectivity index is 1.12. The van der Waals surface area contributed by atoms with Gasteiger partial charge in [0, 0.05) is 11.8 Å². The van der Waals surface area contributed by atoms with Crippen LogP contribution >= 0.6 is 0 Å². The number of fused-ring (bicyclic) bond motifs is 3. The molecule has 0 N–H and O–H groups in total. The predicted molar refractivity (Wildman–Crippen MR) is 183 cm³/mol. The lowest BCUT2D eigenvalue weighted by Crippen LogP contribution is -2.22. The van der Waals surface area contributed by atoms with E-state index in [-0.39, 0.29) is 22.7 Å². The molecule has 0 saturated heterocycles. The van der Waals surface area contributed by atoms with Crippen LogP contribution in [0, 0.1) is 0 Å². The van der Waals surface area contributed by atoms with Crippen molar-refractivity contribution in [3.63, 3.8) is 0 Å². The third-order valence-electron chi connectivity index (χ3n) is 9.50. The smallest absolute Gasteiger partial charge is 0.207 e. The Labute approximate surface area is 273 Å². The molecule has 228 valence electrons. The van der Waals surface area contributed by atoms with Crippen molar-refractivity contribution in [1.82, 2.24) is 0 Å². The Morgan fingerprint density at radius 3 is 1.50 bits per heavy atom. The molecule has 1 unspecified atom stereocenters. The molecule has 0 fully saturated rings. The monoisotopic (exact) mass is 659 g/mol. The van der Waals surface area contributed by atoms with Crippen molar-refractivity contribution in [2.75, 3.05) is 6.26 Å². The molecule has 1 aliphatic carbocycles. The molecule has 8 rings (SSSR count). The van der Waals surface area contributed by atoms with Crippen molar-refractivity contribution in [2.24, 2.45) is 0 Å². The average molecular weight is 660 g/mol. The molecule has 3 aliphatic rings. The minimum Gasteiger partial charge on any atom is -0.219 e. The fourth-order valence-electron chi connectivity index (χ4n) is 7.30. The summed E-state index contributed by atoms with van der Waals surface area (Å²) < 4.78 is 53.8.